The van der Waals surface area contributed by atoms with Crippen LogP contribution in [0.2, 0.25) is 0 Å². The van der Waals surface area contributed by atoms with Gasteiger partial charge in [-0.3, -0.25) is 14.4 Å². The third-order valence-electron chi connectivity index (χ3n) is 9.37. The second kappa shape index (κ2) is 11.4. The molecule has 0 radical (unpaired) electrons. The number of likely N-dealkylation sites (tertiary alicyclic amines) is 1. The first-order chi connectivity index (χ1) is 19.8. The van der Waals surface area contributed by atoms with Crippen molar-refractivity contribution < 1.29 is 29.0 Å². The number of nitrogens with zero attached hydrogens (tertiary/aromatic N) is 2. The van der Waals surface area contributed by atoms with Gasteiger partial charge in [-0.2, -0.15) is 0 Å². The molecule has 0 aromatic heterocycles. The molecule has 5 rings (SSSR count). The molecule has 3 heterocycles. The molecule has 8 nitrogen and oxygen atoms in total. The minimum Gasteiger partial charge on any atom is -0.465 e. The number of carbonyl (C=O) groups excluding carboxylic acids is 3. The van der Waals surface area contributed by atoms with Crippen LogP contribution in [-0.2, 0) is 23.9 Å². The van der Waals surface area contributed by atoms with Crippen LogP contribution in [0, 0.1) is 11.8 Å². The van der Waals surface area contributed by atoms with Crippen LogP contribution >= 0.6 is 0 Å². The van der Waals surface area contributed by atoms with E-state index in [1.807, 2.05) is 56.3 Å². The molecule has 3 aliphatic rings. The molecule has 2 amide bonds. The first-order valence-corrected chi connectivity index (χ1v) is 14.6. The van der Waals surface area contributed by atoms with E-state index >= 15 is 0 Å². The molecular weight excluding hydrogens is 520 g/mol. The summed E-state index contributed by atoms with van der Waals surface area (Å²) in [7, 11) is 0. The molecule has 2 bridgehead atoms. The average Bonchev–Trinajstić information content (AvgIpc) is 3.60. The van der Waals surface area contributed by atoms with Gasteiger partial charge in [0.15, 0.2) is 0 Å². The zero-order chi connectivity index (χ0) is 29.4. The van der Waals surface area contributed by atoms with E-state index < -0.39 is 41.1 Å². The zero-order valence-electron chi connectivity index (χ0n) is 24.0. The van der Waals surface area contributed by atoms with Crippen LogP contribution in [0.4, 0.5) is 5.69 Å². The maximum Gasteiger partial charge on any atom is 0.312 e. The number of carbonyl (C=O) groups is 3. The number of fused-ring (bicyclic) bond motifs is 2. The first-order valence-electron chi connectivity index (χ1n) is 14.6. The summed E-state index contributed by atoms with van der Waals surface area (Å²) in [4.78, 5) is 45.8. The van der Waals surface area contributed by atoms with Crippen molar-refractivity contribution >= 4 is 34.2 Å². The standard InChI is InChI=1S/C33H40N2O6/c1-5-9-19-40-31(39)27-26-29(37)35(24(7-3)21-36)28(33(26)17-16-32(27,8-4)41-33)30(38)34(18-6-2)25-15-14-22-12-10-11-13-23(22)20-25/h5-6,10-15,20,24,26-28,36H,1-2,7-9,16-19,21H2,3-4H3/t24-,26-,27+,28?,32-,33?/m0/s1. The molecule has 2 unspecified atom stereocenters. The maximum absolute atomic E-state index is 14.8. The van der Waals surface area contributed by atoms with Crippen molar-refractivity contribution in [1.82, 2.24) is 4.90 Å². The number of ether oxygens (including phenoxy) is 2. The topological polar surface area (TPSA) is 96.4 Å². The molecule has 41 heavy (non-hydrogen) atoms. The van der Waals surface area contributed by atoms with Gasteiger partial charge in [0.05, 0.1) is 30.8 Å². The minimum absolute atomic E-state index is 0.169. The van der Waals surface area contributed by atoms with E-state index in [1.54, 1.807) is 17.1 Å². The van der Waals surface area contributed by atoms with Gasteiger partial charge >= 0.3 is 5.97 Å². The summed E-state index contributed by atoms with van der Waals surface area (Å²) in [6.07, 6.45) is 5.79. The summed E-state index contributed by atoms with van der Waals surface area (Å²) in [5.41, 5.74) is -1.41. The number of anilines is 1. The normalized spacial score (nSPS) is 28.9. The van der Waals surface area contributed by atoms with Gasteiger partial charge in [-0.05, 0) is 55.0 Å². The third kappa shape index (κ3) is 4.48. The fraction of sp³-hybridized carbons (Fsp3) is 0.485. The lowest BCUT2D eigenvalue weighted by Crippen LogP contribution is -2.59. The van der Waals surface area contributed by atoms with Crippen LogP contribution in [0.25, 0.3) is 10.8 Å². The molecule has 8 heteroatoms. The second-order valence-corrected chi connectivity index (χ2v) is 11.3. The Labute approximate surface area is 241 Å². The third-order valence-corrected chi connectivity index (χ3v) is 9.37. The lowest BCUT2D eigenvalue weighted by molar-refractivity contribution is -0.162. The van der Waals surface area contributed by atoms with E-state index in [1.165, 1.54) is 4.90 Å². The molecule has 2 aromatic carbocycles. The van der Waals surface area contributed by atoms with Crippen LogP contribution in [0.1, 0.15) is 46.0 Å². The Hall–Kier alpha value is -3.49. The Morgan fingerprint density at radius 2 is 1.93 bits per heavy atom. The predicted molar refractivity (Wildman–Crippen MR) is 157 cm³/mol. The van der Waals surface area contributed by atoms with Gasteiger partial charge < -0.3 is 24.4 Å². The van der Waals surface area contributed by atoms with Crippen molar-refractivity contribution in [2.24, 2.45) is 11.8 Å². The minimum atomic E-state index is -1.20. The SMILES string of the molecule is C=CCCOC(=O)[C@H]1[C@H]2C(=O)N([C@@H](CC)CO)C(C(=O)N(CC=C)c3ccc4ccccc4c3)C23CC[C@]1(CC)O3. The van der Waals surface area contributed by atoms with Gasteiger partial charge in [-0.25, -0.2) is 0 Å². The lowest BCUT2D eigenvalue weighted by atomic mass is 9.65. The number of hydrogen-bond acceptors (Lipinski definition) is 6. The fourth-order valence-electron chi connectivity index (χ4n) is 7.38. The highest BCUT2D eigenvalue weighted by atomic mass is 16.6. The van der Waals surface area contributed by atoms with E-state index in [9.17, 15) is 19.5 Å². The highest BCUT2D eigenvalue weighted by Gasteiger charge is 2.79. The van der Waals surface area contributed by atoms with E-state index in [0.29, 0.717) is 37.8 Å². The molecule has 0 aliphatic carbocycles. The number of esters is 1. The molecule has 2 aromatic rings. The van der Waals surface area contributed by atoms with Crippen LogP contribution in [0.3, 0.4) is 0 Å². The Balaban J connectivity index is 1.61. The van der Waals surface area contributed by atoms with Gasteiger partial charge in [0.25, 0.3) is 5.91 Å². The van der Waals surface area contributed by atoms with E-state index in [4.69, 9.17) is 9.47 Å². The predicted octanol–water partition coefficient (Wildman–Crippen LogP) is 4.40. The molecule has 0 saturated carbocycles. The van der Waals surface area contributed by atoms with Gasteiger partial charge in [-0.15, -0.1) is 13.2 Å². The van der Waals surface area contributed by atoms with Crippen LogP contribution in [-0.4, -0.2) is 70.8 Å². The summed E-state index contributed by atoms with van der Waals surface area (Å²) in [5.74, 6) is -2.82. The highest BCUT2D eigenvalue weighted by Crippen LogP contribution is 2.65. The number of amides is 2. The van der Waals surface area contributed by atoms with Crippen molar-refractivity contribution in [3.8, 4) is 0 Å². The summed E-state index contributed by atoms with van der Waals surface area (Å²) in [6.45, 7) is 11.5. The Morgan fingerprint density at radius 1 is 1.17 bits per heavy atom. The summed E-state index contributed by atoms with van der Waals surface area (Å²) < 4.78 is 12.5. The lowest BCUT2D eigenvalue weighted by Gasteiger charge is -2.39. The van der Waals surface area contributed by atoms with Gasteiger partial charge in [-0.1, -0.05) is 56.3 Å². The summed E-state index contributed by atoms with van der Waals surface area (Å²) in [6, 6.07) is 12.1. The molecule has 3 saturated heterocycles. The molecular formula is C33H40N2O6. The Bertz CT molecular complexity index is 1350. The molecule has 3 fully saturated rings. The summed E-state index contributed by atoms with van der Waals surface area (Å²) in [5, 5.41) is 12.4. The van der Waals surface area contributed by atoms with Crippen molar-refractivity contribution in [3.05, 3.63) is 67.8 Å². The molecule has 1 spiro atoms. The van der Waals surface area contributed by atoms with Gasteiger partial charge in [0, 0.05) is 12.2 Å². The molecule has 1 N–H and O–H groups in total. The van der Waals surface area contributed by atoms with Crippen molar-refractivity contribution in [2.45, 2.75) is 69.2 Å². The fourth-order valence-corrected chi connectivity index (χ4v) is 7.38. The number of benzene rings is 2. The highest BCUT2D eigenvalue weighted by molar-refractivity contribution is 6.05. The maximum atomic E-state index is 14.8. The van der Waals surface area contributed by atoms with Gasteiger partial charge in [0.1, 0.15) is 17.6 Å². The zero-order valence-corrected chi connectivity index (χ0v) is 24.0. The average molecular weight is 561 g/mol. The van der Waals surface area contributed by atoms with Crippen molar-refractivity contribution in [2.75, 3.05) is 24.7 Å². The quantitative estimate of drug-likeness (QED) is 0.235. The first kappa shape index (κ1) is 29.0. The van der Waals surface area contributed by atoms with Crippen LogP contribution in [0.15, 0.2) is 67.8 Å². The largest absolute Gasteiger partial charge is 0.465 e. The number of hydrogen-bond donors (Lipinski definition) is 1. The number of aliphatic hydroxyl groups is 1. The summed E-state index contributed by atoms with van der Waals surface area (Å²) >= 11 is 0. The molecule has 6 atom stereocenters. The van der Waals surface area contributed by atoms with E-state index in [0.717, 1.165) is 10.8 Å². The number of rotatable bonds is 12. The monoisotopic (exact) mass is 560 g/mol. The van der Waals surface area contributed by atoms with Gasteiger partial charge in [0.2, 0.25) is 5.91 Å². The Kier molecular flexibility index (Phi) is 8.08. The number of aliphatic hydroxyl groups excluding tert-OH is 1. The van der Waals surface area contributed by atoms with E-state index in [-0.39, 0.29) is 31.6 Å². The second-order valence-electron chi connectivity index (χ2n) is 11.3. The van der Waals surface area contributed by atoms with Crippen LogP contribution < -0.4 is 4.90 Å². The van der Waals surface area contributed by atoms with Crippen LogP contribution in [0.5, 0.6) is 0 Å². The molecule has 218 valence electrons. The van der Waals surface area contributed by atoms with Crippen molar-refractivity contribution in [3.63, 3.8) is 0 Å². The van der Waals surface area contributed by atoms with Crippen molar-refractivity contribution in [1.29, 1.82) is 0 Å². The smallest absolute Gasteiger partial charge is 0.312 e. The van der Waals surface area contributed by atoms with E-state index in [2.05, 4.69) is 13.2 Å². The molecule has 3 aliphatic heterocycles. The Morgan fingerprint density at radius 3 is 2.59 bits per heavy atom.